The zero-order valence-corrected chi connectivity index (χ0v) is 11.9. The Balaban J connectivity index is 2.68. The molecule has 0 aromatic carbocycles. The number of ketones is 1. The van der Waals surface area contributed by atoms with Crippen molar-refractivity contribution in [2.45, 2.75) is 45.4 Å². The van der Waals surface area contributed by atoms with Crippen LogP contribution in [0.4, 0.5) is 0 Å². The van der Waals surface area contributed by atoms with Crippen LogP contribution in [-0.2, 0) is 14.3 Å². The van der Waals surface area contributed by atoms with Crippen LogP contribution in [0.3, 0.4) is 0 Å². The summed E-state index contributed by atoms with van der Waals surface area (Å²) in [4.78, 5) is 27.0. The van der Waals surface area contributed by atoms with Crippen LogP contribution in [0.2, 0.25) is 0 Å². The quantitative estimate of drug-likeness (QED) is 0.179. The average molecular weight is 279 g/mol. The Morgan fingerprint density at radius 1 is 1.50 bits per heavy atom. The molecule has 0 amide bonds. The molecule has 0 radical (unpaired) electrons. The Labute approximate surface area is 118 Å². The molecule has 1 saturated carbocycles. The van der Waals surface area contributed by atoms with E-state index in [-0.39, 0.29) is 18.3 Å². The van der Waals surface area contributed by atoms with E-state index in [2.05, 4.69) is 10.0 Å². The summed E-state index contributed by atoms with van der Waals surface area (Å²) in [7, 11) is 0. The first-order valence-electron chi connectivity index (χ1n) is 7.03. The van der Waals surface area contributed by atoms with Gasteiger partial charge < -0.3 is 4.74 Å². The topological polar surface area (TPSA) is 92.1 Å². The SMILES string of the molecule is CCOC(=O)C1(CCC=CCN=[N+]=[N-])CCCCC1=O. The third-order valence-corrected chi connectivity index (χ3v) is 3.61. The maximum atomic E-state index is 12.2. The van der Waals surface area contributed by atoms with Gasteiger partial charge in [-0.05, 0) is 38.1 Å². The molecule has 0 saturated heterocycles. The fourth-order valence-electron chi connectivity index (χ4n) is 2.55. The number of hydrogen-bond acceptors (Lipinski definition) is 4. The van der Waals surface area contributed by atoms with Gasteiger partial charge in [0, 0.05) is 17.9 Å². The lowest BCUT2D eigenvalue weighted by atomic mass is 9.70. The molecule has 6 nitrogen and oxygen atoms in total. The molecule has 0 N–H and O–H groups in total. The Bertz CT molecular complexity index is 427. The Hall–Kier alpha value is -1.81. The largest absolute Gasteiger partial charge is 0.465 e. The van der Waals surface area contributed by atoms with Crippen molar-refractivity contribution in [1.29, 1.82) is 0 Å². The number of hydrogen-bond donors (Lipinski definition) is 0. The molecule has 0 heterocycles. The van der Waals surface area contributed by atoms with Crippen LogP contribution in [0.15, 0.2) is 17.3 Å². The number of allylic oxidation sites excluding steroid dienone is 1. The lowest BCUT2D eigenvalue weighted by molar-refractivity contribution is -0.162. The summed E-state index contributed by atoms with van der Waals surface area (Å²) in [5.41, 5.74) is 7.19. The second kappa shape index (κ2) is 8.38. The zero-order valence-electron chi connectivity index (χ0n) is 11.9. The standard InChI is InChI=1S/C14H21N3O3/c1-2-20-13(19)14(10-6-4-8-12(14)18)9-5-3-7-11-16-17-15/h3,7H,2,4-6,8-11H2,1H3. The fourth-order valence-corrected chi connectivity index (χ4v) is 2.55. The van der Waals surface area contributed by atoms with Crippen LogP contribution in [-0.4, -0.2) is 24.9 Å². The number of carbonyl (C=O) groups excluding carboxylic acids is 2. The summed E-state index contributed by atoms with van der Waals surface area (Å²) in [6.07, 6.45) is 7.43. The van der Waals surface area contributed by atoms with E-state index in [1.165, 1.54) is 0 Å². The first kappa shape index (κ1) is 16.2. The van der Waals surface area contributed by atoms with Crippen LogP contribution < -0.4 is 0 Å². The lowest BCUT2D eigenvalue weighted by Gasteiger charge is -2.33. The van der Waals surface area contributed by atoms with Gasteiger partial charge in [0.05, 0.1) is 6.61 Å². The Morgan fingerprint density at radius 3 is 2.95 bits per heavy atom. The second-order valence-corrected chi connectivity index (χ2v) is 4.86. The van der Waals surface area contributed by atoms with Gasteiger partial charge in [-0.1, -0.05) is 23.7 Å². The Kier molecular flexibility index (Phi) is 6.81. The number of rotatable bonds is 7. The second-order valence-electron chi connectivity index (χ2n) is 4.86. The summed E-state index contributed by atoms with van der Waals surface area (Å²) in [6.45, 7) is 2.33. The summed E-state index contributed by atoms with van der Waals surface area (Å²) >= 11 is 0. The van der Waals surface area contributed by atoms with E-state index in [0.29, 0.717) is 32.3 Å². The molecule has 1 atom stereocenters. The lowest BCUT2D eigenvalue weighted by Crippen LogP contribution is -2.42. The Morgan fingerprint density at radius 2 is 2.30 bits per heavy atom. The van der Waals surface area contributed by atoms with E-state index in [1.807, 2.05) is 6.08 Å². The van der Waals surface area contributed by atoms with Crippen molar-refractivity contribution in [3.05, 3.63) is 22.6 Å². The molecule has 1 aliphatic carbocycles. The molecule has 110 valence electrons. The third-order valence-electron chi connectivity index (χ3n) is 3.61. The number of ether oxygens (including phenoxy) is 1. The minimum absolute atomic E-state index is 0.00523. The number of esters is 1. The van der Waals surface area contributed by atoms with Crippen molar-refractivity contribution in [3.63, 3.8) is 0 Å². The molecule has 0 bridgehead atoms. The molecule has 0 aromatic rings. The van der Waals surface area contributed by atoms with Crippen molar-refractivity contribution in [3.8, 4) is 0 Å². The number of azide groups is 1. The predicted molar refractivity (Wildman–Crippen MR) is 74.9 cm³/mol. The molecule has 20 heavy (non-hydrogen) atoms. The minimum atomic E-state index is -0.961. The maximum Gasteiger partial charge on any atom is 0.319 e. The van der Waals surface area contributed by atoms with Gasteiger partial charge in [0.15, 0.2) is 0 Å². The highest BCUT2D eigenvalue weighted by molar-refractivity contribution is 6.04. The maximum absolute atomic E-state index is 12.2. The molecule has 0 aromatic heterocycles. The monoisotopic (exact) mass is 279 g/mol. The van der Waals surface area contributed by atoms with E-state index in [1.54, 1.807) is 13.0 Å². The minimum Gasteiger partial charge on any atom is -0.465 e. The van der Waals surface area contributed by atoms with Gasteiger partial charge in [0.25, 0.3) is 0 Å². The van der Waals surface area contributed by atoms with E-state index < -0.39 is 5.41 Å². The van der Waals surface area contributed by atoms with Crippen molar-refractivity contribution in [2.24, 2.45) is 10.5 Å². The molecular formula is C14H21N3O3. The number of carbonyl (C=O) groups is 2. The highest BCUT2D eigenvalue weighted by atomic mass is 16.5. The molecule has 1 rings (SSSR count). The predicted octanol–water partition coefficient (Wildman–Crippen LogP) is 3.33. The zero-order chi connectivity index (χ0) is 14.8. The van der Waals surface area contributed by atoms with Crippen LogP contribution >= 0.6 is 0 Å². The first-order valence-corrected chi connectivity index (χ1v) is 7.03. The van der Waals surface area contributed by atoms with Gasteiger partial charge in [-0.3, -0.25) is 9.59 Å². The van der Waals surface area contributed by atoms with Crippen molar-refractivity contribution in [2.75, 3.05) is 13.2 Å². The highest BCUT2D eigenvalue weighted by Gasteiger charge is 2.46. The molecule has 0 aliphatic heterocycles. The van der Waals surface area contributed by atoms with Crippen molar-refractivity contribution < 1.29 is 14.3 Å². The normalized spacial score (nSPS) is 22.6. The summed E-state index contributed by atoms with van der Waals surface area (Å²) < 4.78 is 5.10. The van der Waals surface area contributed by atoms with Gasteiger partial charge in [0.2, 0.25) is 0 Å². The van der Waals surface area contributed by atoms with Gasteiger partial charge >= 0.3 is 5.97 Å². The molecule has 1 fully saturated rings. The molecule has 1 aliphatic rings. The smallest absolute Gasteiger partial charge is 0.319 e. The van der Waals surface area contributed by atoms with Gasteiger partial charge in [-0.2, -0.15) is 0 Å². The van der Waals surface area contributed by atoms with Crippen LogP contribution in [0.1, 0.15) is 45.4 Å². The van der Waals surface area contributed by atoms with Gasteiger partial charge in [-0.15, -0.1) is 0 Å². The first-order chi connectivity index (χ1) is 9.67. The average Bonchev–Trinajstić information content (AvgIpc) is 2.45. The molecule has 1 unspecified atom stereocenters. The van der Waals surface area contributed by atoms with Gasteiger partial charge in [-0.25, -0.2) is 0 Å². The molecule has 0 spiro atoms. The van der Waals surface area contributed by atoms with E-state index in [9.17, 15) is 9.59 Å². The van der Waals surface area contributed by atoms with Crippen LogP contribution in [0.5, 0.6) is 0 Å². The summed E-state index contributed by atoms with van der Waals surface area (Å²) in [5.74, 6) is -0.376. The van der Waals surface area contributed by atoms with Gasteiger partial charge in [0.1, 0.15) is 11.2 Å². The number of Topliss-reactive ketones (excluding diaryl/α,β-unsaturated/α-hetero) is 1. The molecular weight excluding hydrogens is 258 g/mol. The summed E-state index contributed by atoms with van der Waals surface area (Å²) in [6, 6.07) is 0. The van der Waals surface area contributed by atoms with E-state index in [4.69, 9.17) is 10.3 Å². The van der Waals surface area contributed by atoms with Crippen molar-refractivity contribution in [1.82, 2.24) is 0 Å². The highest BCUT2D eigenvalue weighted by Crippen LogP contribution is 2.38. The summed E-state index contributed by atoms with van der Waals surface area (Å²) in [5, 5.41) is 3.39. The van der Waals surface area contributed by atoms with Crippen molar-refractivity contribution >= 4 is 11.8 Å². The molecule has 6 heteroatoms. The van der Waals surface area contributed by atoms with E-state index in [0.717, 1.165) is 12.8 Å². The van der Waals surface area contributed by atoms with Crippen LogP contribution in [0.25, 0.3) is 10.4 Å². The fraction of sp³-hybridized carbons (Fsp3) is 0.714. The van der Waals surface area contributed by atoms with E-state index >= 15 is 0 Å². The number of nitrogens with zero attached hydrogens (tertiary/aromatic N) is 3. The third kappa shape index (κ3) is 4.10. The van der Waals surface area contributed by atoms with Crippen LogP contribution in [0, 0.1) is 5.41 Å².